The number of aromatic nitrogens is 3. The van der Waals surface area contributed by atoms with Crippen LogP contribution in [0.1, 0.15) is 16.8 Å². The first-order valence-corrected chi connectivity index (χ1v) is 11.8. The first kappa shape index (κ1) is 28.3. The van der Waals surface area contributed by atoms with E-state index < -0.39 is 30.6 Å². The number of likely N-dealkylation sites (tertiary alicyclic amines) is 1. The number of piperidine rings is 1. The van der Waals surface area contributed by atoms with Gasteiger partial charge in [-0.2, -0.15) is 13.2 Å². The third kappa shape index (κ3) is 6.65. The Balaban J connectivity index is 0.000000470. The number of pyridine rings is 1. The summed E-state index contributed by atoms with van der Waals surface area (Å²) in [4.78, 5) is 36.0. The minimum Gasteiger partial charge on any atom is -0.475 e. The van der Waals surface area contributed by atoms with Gasteiger partial charge in [0.05, 0.1) is 12.1 Å². The fourth-order valence-electron chi connectivity index (χ4n) is 3.97. The van der Waals surface area contributed by atoms with Crippen LogP contribution in [0, 0.1) is 0 Å². The Hall–Kier alpha value is -4.68. The number of fused-ring (bicyclic) bond motifs is 1. The molecule has 3 heterocycles. The SMILES string of the molecule is O=C(O)C(F)(F)F.O=C(c1ccccc1-c1cncnc1)N1CCC(F)(F)[C@@H](Oc2ccc3ccccc3n2)C1. The Bertz CT molecular complexity index is 1500. The summed E-state index contributed by atoms with van der Waals surface area (Å²) in [6.45, 7) is -0.323. The molecule has 0 aliphatic carbocycles. The van der Waals surface area contributed by atoms with Crippen molar-refractivity contribution in [3.8, 4) is 17.0 Å². The van der Waals surface area contributed by atoms with Gasteiger partial charge in [0.1, 0.15) is 6.33 Å². The molecule has 0 unspecified atom stereocenters. The molecular weight excluding hydrogens is 539 g/mol. The van der Waals surface area contributed by atoms with E-state index in [9.17, 15) is 26.7 Å². The van der Waals surface area contributed by atoms with Gasteiger partial charge in [-0.3, -0.25) is 4.79 Å². The van der Waals surface area contributed by atoms with E-state index in [1.807, 2.05) is 18.2 Å². The zero-order valence-electron chi connectivity index (χ0n) is 20.6. The molecule has 5 rings (SSSR count). The third-order valence-corrected chi connectivity index (χ3v) is 5.97. The number of nitrogens with zero attached hydrogens (tertiary/aromatic N) is 4. The van der Waals surface area contributed by atoms with Crippen molar-refractivity contribution in [1.29, 1.82) is 0 Å². The van der Waals surface area contributed by atoms with Crippen LogP contribution in [0.25, 0.3) is 22.0 Å². The lowest BCUT2D eigenvalue weighted by molar-refractivity contribution is -0.192. The van der Waals surface area contributed by atoms with Crippen LogP contribution in [0.15, 0.2) is 79.4 Å². The van der Waals surface area contributed by atoms with Crippen LogP contribution in [0.5, 0.6) is 5.88 Å². The van der Waals surface area contributed by atoms with Crippen LogP contribution < -0.4 is 4.74 Å². The number of para-hydroxylation sites is 1. The van der Waals surface area contributed by atoms with Crippen LogP contribution >= 0.6 is 0 Å². The smallest absolute Gasteiger partial charge is 0.475 e. The highest BCUT2D eigenvalue weighted by molar-refractivity contribution is 6.00. The molecule has 8 nitrogen and oxygen atoms in total. The summed E-state index contributed by atoms with van der Waals surface area (Å²) in [5, 5.41) is 8.01. The van der Waals surface area contributed by atoms with E-state index in [0.29, 0.717) is 22.2 Å². The lowest BCUT2D eigenvalue weighted by atomic mass is 9.98. The van der Waals surface area contributed by atoms with Gasteiger partial charge < -0.3 is 14.7 Å². The number of rotatable bonds is 4. The molecule has 2 aromatic heterocycles. The molecule has 4 aromatic rings. The van der Waals surface area contributed by atoms with Crippen LogP contribution in [-0.2, 0) is 4.79 Å². The van der Waals surface area contributed by atoms with E-state index in [0.717, 1.165) is 5.39 Å². The number of halogens is 5. The van der Waals surface area contributed by atoms with Crippen molar-refractivity contribution in [2.24, 2.45) is 0 Å². The topological polar surface area (TPSA) is 106 Å². The summed E-state index contributed by atoms with van der Waals surface area (Å²) < 4.78 is 66.9. The van der Waals surface area contributed by atoms with Crippen molar-refractivity contribution in [3.63, 3.8) is 0 Å². The second kappa shape index (κ2) is 11.6. The molecule has 1 N–H and O–H groups in total. The van der Waals surface area contributed by atoms with E-state index in [4.69, 9.17) is 14.6 Å². The number of alkyl halides is 5. The Labute approximate surface area is 224 Å². The number of carbonyl (C=O) groups excluding carboxylic acids is 1. The largest absolute Gasteiger partial charge is 0.490 e. The van der Waals surface area contributed by atoms with Gasteiger partial charge in [-0.1, -0.05) is 36.4 Å². The van der Waals surface area contributed by atoms with E-state index >= 15 is 0 Å². The lowest BCUT2D eigenvalue weighted by Gasteiger charge is -2.38. The maximum atomic E-state index is 14.7. The number of hydrogen-bond acceptors (Lipinski definition) is 6. The van der Waals surface area contributed by atoms with Crippen molar-refractivity contribution < 1.29 is 41.4 Å². The predicted molar refractivity (Wildman–Crippen MR) is 133 cm³/mol. The molecule has 0 radical (unpaired) electrons. The first-order valence-electron chi connectivity index (χ1n) is 11.8. The predicted octanol–water partition coefficient (Wildman–Crippen LogP) is 5.25. The summed E-state index contributed by atoms with van der Waals surface area (Å²) in [5.41, 5.74) is 2.38. The first-order chi connectivity index (χ1) is 19.0. The number of hydrogen-bond donors (Lipinski definition) is 1. The van der Waals surface area contributed by atoms with Gasteiger partial charge in [0.2, 0.25) is 5.88 Å². The average molecular weight is 560 g/mol. The zero-order valence-corrected chi connectivity index (χ0v) is 20.6. The second-order valence-corrected chi connectivity index (χ2v) is 8.69. The molecule has 1 aliphatic rings. The molecule has 0 saturated carbocycles. The van der Waals surface area contributed by atoms with E-state index in [1.54, 1.807) is 54.9 Å². The normalized spacial score (nSPS) is 16.5. The zero-order chi connectivity index (χ0) is 28.9. The van der Waals surface area contributed by atoms with Gasteiger partial charge in [-0.05, 0) is 23.8 Å². The quantitative estimate of drug-likeness (QED) is 0.340. The molecule has 1 amide bonds. The van der Waals surface area contributed by atoms with Gasteiger partial charge in [-0.25, -0.2) is 28.5 Å². The summed E-state index contributed by atoms with van der Waals surface area (Å²) in [7, 11) is 0. The fraction of sp³-hybridized carbons (Fsp3) is 0.222. The van der Waals surface area contributed by atoms with Gasteiger partial charge in [0, 0.05) is 47.9 Å². The van der Waals surface area contributed by atoms with Crippen molar-refractivity contribution >= 4 is 22.8 Å². The van der Waals surface area contributed by atoms with Crippen molar-refractivity contribution in [1.82, 2.24) is 19.9 Å². The highest BCUT2D eigenvalue weighted by Crippen LogP contribution is 2.33. The van der Waals surface area contributed by atoms with Crippen LogP contribution in [0.3, 0.4) is 0 Å². The number of aliphatic carboxylic acids is 1. The number of ether oxygens (including phenoxy) is 1. The van der Waals surface area contributed by atoms with E-state index in [-0.39, 0.29) is 24.9 Å². The molecule has 1 saturated heterocycles. The van der Waals surface area contributed by atoms with Crippen LogP contribution in [0.2, 0.25) is 0 Å². The lowest BCUT2D eigenvalue weighted by Crippen LogP contribution is -2.55. The third-order valence-electron chi connectivity index (χ3n) is 5.97. The number of amides is 1. The minimum absolute atomic E-state index is 0.0730. The van der Waals surface area contributed by atoms with Crippen LogP contribution in [-0.4, -0.2) is 68.1 Å². The Morgan fingerprint density at radius 3 is 2.33 bits per heavy atom. The molecule has 208 valence electrons. The van der Waals surface area contributed by atoms with E-state index in [1.165, 1.54) is 11.2 Å². The van der Waals surface area contributed by atoms with Gasteiger partial charge in [0.25, 0.3) is 11.8 Å². The highest BCUT2D eigenvalue weighted by Gasteiger charge is 2.47. The Morgan fingerprint density at radius 2 is 1.62 bits per heavy atom. The molecule has 0 spiro atoms. The summed E-state index contributed by atoms with van der Waals surface area (Å²) in [6, 6.07) is 17.7. The maximum absolute atomic E-state index is 14.7. The van der Waals surface area contributed by atoms with Crippen molar-refractivity contribution in [2.45, 2.75) is 24.6 Å². The molecule has 2 aromatic carbocycles. The Kier molecular flexibility index (Phi) is 8.21. The highest BCUT2D eigenvalue weighted by atomic mass is 19.4. The van der Waals surface area contributed by atoms with E-state index in [2.05, 4.69) is 15.0 Å². The minimum atomic E-state index is -5.08. The molecule has 0 bridgehead atoms. The molecule has 1 aliphatic heterocycles. The van der Waals surface area contributed by atoms with Gasteiger partial charge in [0.15, 0.2) is 6.10 Å². The summed E-state index contributed by atoms with van der Waals surface area (Å²) in [6.07, 6.45) is -2.45. The van der Waals surface area contributed by atoms with Crippen molar-refractivity contribution in [3.05, 3.63) is 84.9 Å². The Morgan fingerprint density at radius 1 is 0.975 bits per heavy atom. The number of carboxylic acids is 1. The molecule has 13 heteroatoms. The summed E-state index contributed by atoms with van der Waals surface area (Å²) in [5.74, 6) is -6.08. The second-order valence-electron chi connectivity index (χ2n) is 8.69. The molecular formula is C27H21F5N4O4. The number of benzene rings is 2. The van der Waals surface area contributed by atoms with Gasteiger partial charge >= 0.3 is 12.1 Å². The molecule has 1 fully saturated rings. The number of carboxylic acid groups (broad SMARTS) is 1. The monoisotopic (exact) mass is 560 g/mol. The van der Waals surface area contributed by atoms with Crippen LogP contribution in [0.4, 0.5) is 22.0 Å². The standard InChI is InChI=1S/C25H20F2N4O2.C2HF3O2/c26-25(27)11-12-31(15-22(25)33-23-10-9-17-5-1-4-8-21(17)30-23)24(32)20-7-3-2-6-19(20)18-13-28-16-29-14-18;3-2(4,5)1(6)7/h1-10,13-14,16,22H,11-12,15H2;(H,6,7)/t22-;/m0./s1. The van der Waals surface area contributed by atoms with Gasteiger partial charge in [-0.15, -0.1) is 0 Å². The average Bonchev–Trinajstić information content (AvgIpc) is 2.94. The maximum Gasteiger partial charge on any atom is 0.490 e. The molecule has 40 heavy (non-hydrogen) atoms. The summed E-state index contributed by atoms with van der Waals surface area (Å²) >= 11 is 0. The molecule has 1 atom stereocenters. The fourth-order valence-corrected chi connectivity index (χ4v) is 3.97. The van der Waals surface area contributed by atoms with Crippen molar-refractivity contribution in [2.75, 3.05) is 13.1 Å². The number of carbonyl (C=O) groups is 2.